The van der Waals surface area contributed by atoms with E-state index in [-0.39, 0.29) is 17.9 Å². The topological polar surface area (TPSA) is 55.4 Å². The summed E-state index contributed by atoms with van der Waals surface area (Å²) in [5.41, 5.74) is 3.49. The highest BCUT2D eigenvalue weighted by molar-refractivity contribution is 5.76. The quantitative estimate of drug-likeness (QED) is 0.563. The minimum Gasteiger partial charge on any atom is -0.466 e. The molecule has 0 bridgehead atoms. The van der Waals surface area contributed by atoms with Gasteiger partial charge < -0.3 is 10.1 Å². The first-order chi connectivity index (χ1) is 13.6. The molecule has 1 unspecified atom stereocenters. The molecular weight excluding hydrogens is 350 g/mol. The molecule has 0 aliphatic heterocycles. The molecule has 0 spiro atoms. The Labute approximate surface area is 168 Å². The van der Waals surface area contributed by atoms with Gasteiger partial charge in [-0.3, -0.25) is 9.59 Å². The van der Waals surface area contributed by atoms with Crippen molar-refractivity contribution in [2.24, 2.45) is 0 Å². The maximum atomic E-state index is 12.2. The number of esters is 1. The van der Waals surface area contributed by atoms with Crippen LogP contribution in [0.3, 0.4) is 0 Å². The number of carbonyl (C=O) groups is 2. The zero-order chi connectivity index (χ0) is 20.2. The number of amides is 1. The number of carbonyl (C=O) groups excluding carboxylic acids is 2. The summed E-state index contributed by atoms with van der Waals surface area (Å²) in [6, 6.07) is 18.6. The van der Waals surface area contributed by atoms with Crippen LogP contribution in [-0.4, -0.2) is 24.5 Å². The van der Waals surface area contributed by atoms with Crippen molar-refractivity contribution in [1.29, 1.82) is 0 Å². The zero-order valence-electron chi connectivity index (χ0n) is 16.9. The SMILES string of the molecule is CCCCC(=O)NC(CCC(=O)OCC)Cc1ccc(-c2ccccc2)cc1. The second-order valence-electron chi connectivity index (χ2n) is 6.98. The number of unbranched alkanes of at least 4 members (excludes halogenated alkanes) is 1. The van der Waals surface area contributed by atoms with Gasteiger partial charge in [0, 0.05) is 18.9 Å². The summed E-state index contributed by atoms with van der Waals surface area (Å²) < 4.78 is 5.03. The second-order valence-corrected chi connectivity index (χ2v) is 6.98. The standard InChI is InChI=1S/C24H31NO3/c1-3-5-11-23(26)25-22(16-17-24(27)28-4-2)18-19-12-14-21(15-13-19)20-9-7-6-8-10-20/h6-10,12-15,22H,3-5,11,16-18H2,1-2H3,(H,25,26). The van der Waals surface area contributed by atoms with Crippen molar-refractivity contribution >= 4 is 11.9 Å². The lowest BCUT2D eigenvalue weighted by molar-refractivity contribution is -0.143. The summed E-state index contributed by atoms with van der Waals surface area (Å²) in [4.78, 5) is 23.9. The van der Waals surface area contributed by atoms with Crippen molar-refractivity contribution in [2.75, 3.05) is 6.61 Å². The van der Waals surface area contributed by atoms with Crippen LogP contribution in [0.5, 0.6) is 0 Å². The van der Waals surface area contributed by atoms with Gasteiger partial charge in [-0.2, -0.15) is 0 Å². The minimum absolute atomic E-state index is 0.0524. The van der Waals surface area contributed by atoms with Crippen molar-refractivity contribution < 1.29 is 14.3 Å². The Morgan fingerprint density at radius 3 is 2.25 bits per heavy atom. The molecule has 2 aromatic carbocycles. The molecule has 0 radical (unpaired) electrons. The van der Waals surface area contributed by atoms with Gasteiger partial charge >= 0.3 is 5.97 Å². The fourth-order valence-electron chi connectivity index (χ4n) is 3.14. The first-order valence-corrected chi connectivity index (χ1v) is 10.2. The monoisotopic (exact) mass is 381 g/mol. The predicted octanol–water partition coefficient (Wildman–Crippen LogP) is 4.91. The number of hydrogen-bond donors (Lipinski definition) is 1. The van der Waals surface area contributed by atoms with Crippen LogP contribution in [0.1, 0.15) is 51.5 Å². The van der Waals surface area contributed by atoms with Gasteiger partial charge in [-0.25, -0.2) is 0 Å². The van der Waals surface area contributed by atoms with Crippen LogP contribution in [0.2, 0.25) is 0 Å². The van der Waals surface area contributed by atoms with Gasteiger partial charge in [0.25, 0.3) is 0 Å². The Bertz CT molecular complexity index is 725. The van der Waals surface area contributed by atoms with E-state index in [1.54, 1.807) is 6.92 Å². The molecule has 150 valence electrons. The molecule has 2 rings (SSSR count). The molecule has 2 aromatic rings. The summed E-state index contributed by atoms with van der Waals surface area (Å²) in [5, 5.41) is 3.10. The van der Waals surface area contributed by atoms with Gasteiger partial charge in [-0.05, 0) is 42.9 Å². The maximum Gasteiger partial charge on any atom is 0.305 e. The van der Waals surface area contributed by atoms with Crippen molar-refractivity contribution in [3.63, 3.8) is 0 Å². The van der Waals surface area contributed by atoms with Crippen molar-refractivity contribution in [3.8, 4) is 11.1 Å². The lowest BCUT2D eigenvalue weighted by Crippen LogP contribution is -2.36. The van der Waals surface area contributed by atoms with E-state index in [1.165, 1.54) is 11.1 Å². The largest absolute Gasteiger partial charge is 0.466 e. The first-order valence-electron chi connectivity index (χ1n) is 10.2. The van der Waals surface area contributed by atoms with Crippen molar-refractivity contribution in [1.82, 2.24) is 5.32 Å². The summed E-state index contributed by atoms with van der Waals surface area (Å²) in [6.45, 7) is 4.25. The van der Waals surface area contributed by atoms with E-state index in [9.17, 15) is 9.59 Å². The van der Waals surface area contributed by atoms with Crippen LogP contribution >= 0.6 is 0 Å². The van der Waals surface area contributed by atoms with Gasteiger partial charge in [0.1, 0.15) is 0 Å². The lowest BCUT2D eigenvalue weighted by Gasteiger charge is -2.19. The van der Waals surface area contributed by atoms with E-state index in [0.29, 0.717) is 32.3 Å². The third kappa shape index (κ3) is 7.55. The van der Waals surface area contributed by atoms with Crippen LogP contribution in [-0.2, 0) is 20.7 Å². The average Bonchev–Trinajstić information content (AvgIpc) is 2.72. The van der Waals surface area contributed by atoms with Gasteiger partial charge in [-0.15, -0.1) is 0 Å². The number of hydrogen-bond acceptors (Lipinski definition) is 3. The van der Waals surface area contributed by atoms with E-state index in [2.05, 4.69) is 48.6 Å². The molecule has 4 heteroatoms. The van der Waals surface area contributed by atoms with E-state index < -0.39 is 0 Å². The third-order valence-electron chi connectivity index (χ3n) is 4.67. The highest BCUT2D eigenvalue weighted by Gasteiger charge is 2.15. The molecule has 0 saturated carbocycles. The number of rotatable bonds is 11. The molecule has 0 heterocycles. The first kappa shape index (κ1) is 21.7. The summed E-state index contributed by atoms with van der Waals surface area (Å²) >= 11 is 0. The number of nitrogens with one attached hydrogen (secondary N) is 1. The van der Waals surface area contributed by atoms with Crippen LogP contribution < -0.4 is 5.32 Å². The van der Waals surface area contributed by atoms with Crippen molar-refractivity contribution in [3.05, 3.63) is 60.2 Å². The Morgan fingerprint density at radius 2 is 1.61 bits per heavy atom. The summed E-state index contributed by atoms with van der Waals surface area (Å²) in [7, 11) is 0. The van der Waals surface area contributed by atoms with Crippen LogP contribution in [0.15, 0.2) is 54.6 Å². The van der Waals surface area contributed by atoms with E-state index >= 15 is 0 Å². The lowest BCUT2D eigenvalue weighted by atomic mass is 9.98. The molecule has 0 aromatic heterocycles. The van der Waals surface area contributed by atoms with Crippen LogP contribution in [0, 0.1) is 0 Å². The summed E-state index contributed by atoms with van der Waals surface area (Å²) in [6.07, 6.45) is 3.99. The average molecular weight is 382 g/mol. The van der Waals surface area contributed by atoms with E-state index in [0.717, 1.165) is 18.4 Å². The highest BCUT2D eigenvalue weighted by atomic mass is 16.5. The second kappa shape index (κ2) is 12.0. The molecule has 4 nitrogen and oxygen atoms in total. The molecule has 0 aliphatic carbocycles. The molecule has 28 heavy (non-hydrogen) atoms. The van der Waals surface area contributed by atoms with Gasteiger partial charge in [0.15, 0.2) is 0 Å². The Kier molecular flexibility index (Phi) is 9.26. The molecular formula is C24H31NO3. The summed E-state index contributed by atoms with van der Waals surface area (Å²) in [5.74, 6) is -0.161. The van der Waals surface area contributed by atoms with Gasteiger partial charge in [-0.1, -0.05) is 67.9 Å². The van der Waals surface area contributed by atoms with Gasteiger partial charge in [0.2, 0.25) is 5.91 Å². The Morgan fingerprint density at radius 1 is 0.929 bits per heavy atom. The molecule has 1 N–H and O–H groups in total. The number of ether oxygens (including phenoxy) is 1. The molecule has 1 atom stereocenters. The third-order valence-corrected chi connectivity index (χ3v) is 4.67. The fourth-order valence-corrected chi connectivity index (χ4v) is 3.14. The fraction of sp³-hybridized carbons (Fsp3) is 0.417. The highest BCUT2D eigenvalue weighted by Crippen LogP contribution is 2.20. The van der Waals surface area contributed by atoms with E-state index in [1.807, 2.05) is 18.2 Å². The van der Waals surface area contributed by atoms with Gasteiger partial charge in [0.05, 0.1) is 6.61 Å². The predicted molar refractivity (Wildman–Crippen MR) is 113 cm³/mol. The smallest absolute Gasteiger partial charge is 0.305 e. The molecule has 0 aliphatic rings. The molecule has 0 saturated heterocycles. The minimum atomic E-state index is -0.213. The molecule has 1 amide bonds. The Balaban J connectivity index is 2.00. The van der Waals surface area contributed by atoms with E-state index in [4.69, 9.17) is 4.74 Å². The Hall–Kier alpha value is -2.62. The molecule has 0 fully saturated rings. The number of benzene rings is 2. The normalized spacial score (nSPS) is 11.6. The van der Waals surface area contributed by atoms with Crippen LogP contribution in [0.4, 0.5) is 0 Å². The maximum absolute atomic E-state index is 12.2. The van der Waals surface area contributed by atoms with Crippen LogP contribution in [0.25, 0.3) is 11.1 Å². The van der Waals surface area contributed by atoms with Crippen molar-refractivity contribution in [2.45, 2.75) is 58.4 Å². The zero-order valence-corrected chi connectivity index (χ0v) is 16.9.